The lowest BCUT2D eigenvalue weighted by Gasteiger charge is -2.31. The lowest BCUT2D eigenvalue weighted by Crippen LogP contribution is -2.39. The molecular weight excluding hydrogens is 288 g/mol. The standard InChI is InChI=1S/C14H18N4O2S/c1-5-19-6-2-17(1)13-11-9-21-10-12(11)15-14(16-13)18-3-7-20-8-4-18/h9-10H,1-8H2. The van der Waals surface area contributed by atoms with Crippen LogP contribution in [0.15, 0.2) is 10.8 Å². The van der Waals surface area contributed by atoms with Crippen molar-refractivity contribution in [3.63, 3.8) is 0 Å². The van der Waals surface area contributed by atoms with Gasteiger partial charge in [-0.15, -0.1) is 11.3 Å². The van der Waals surface area contributed by atoms with Crippen molar-refractivity contribution in [1.82, 2.24) is 9.97 Å². The first-order chi connectivity index (χ1) is 10.4. The molecule has 0 amide bonds. The van der Waals surface area contributed by atoms with Gasteiger partial charge in [-0.25, -0.2) is 4.98 Å². The first-order valence-electron chi connectivity index (χ1n) is 7.31. The number of thiophene rings is 1. The molecule has 2 aliphatic heterocycles. The predicted molar refractivity (Wildman–Crippen MR) is 83.5 cm³/mol. The van der Waals surface area contributed by atoms with E-state index in [9.17, 15) is 0 Å². The van der Waals surface area contributed by atoms with Gasteiger partial charge in [0.1, 0.15) is 5.82 Å². The normalized spacial score (nSPS) is 20.2. The number of hydrogen-bond donors (Lipinski definition) is 0. The molecule has 0 aromatic carbocycles. The van der Waals surface area contributed by atoms with Crippen LogP contribution in [-0.4, -0.2) is 62.6 Å². The zero-order valence-electron chi connectivity index (χ0n) is 11.8. The Morgan fingerprint density at radius 2 is 1.52 bits per heavy atom. The van der Waals surface area contributed by atoms with Crippen LogP contribution in [0.2, 0.25) is 0 Å². The molecule has 0 atom stereocenters. The average Bonchev–Trinajstić information content (AvgIpc) is 3.04. The van der Waals surface area contributed by atoms with Gasteiger partial charge in [-0.3, -0.25) is 0 Å². The lowest BCUT2D eigenvalue weighted by atomic mass is 10.3. The maximum absolute atomic E-state index is 5.45. The third-order valence-electron chi connectivity index (χ3n) is 3.91. The van der Waals surface area contributed by atoms with Gasteiger partial charge in [0.2, 0.25) is 5.95 Å². The number of fused-ring (bicyclic) bond motifs is 1. The Morgan fingerprint density at radius 1 is 0.857 bits per heavy atom. The Hall–Kier alpha value is -1.44. The molecule has 0 saturated carbocycles. The zero-order valence-corrected chi connectivity index (χ0v) is 12.6. The Morgan fingerprint density at radius 3 is 2.24 bits per heavy atom. The third-order valence-corrected chi connectivity index (χ3v) is 4.64. The van der Waals surface area contributed by atoms with Crippen molar-refractivity contribution >= 4 is 34.0 Å². The predicted octanol–water partition coefficient (Wildman–Crippen LogP) is 1.36. The molecule has 2 saturated heterocycles. The number of anilines is 2. The first kappa shape index (κ1) is 13.2. The molecule has 2 aliphatic rings. The molecular formula is C14H18N4O2S. The van der Waals surface area contributed by atoms with Crippen molar-refractivity contribution in [2.75, 3.05) is 62.4 Å². The van der Waals surface area contributed by atoms with Gasteiger partial charge in [-0.1, -0.05) is 0 Å². The van der Waals surface area contributed by atoms with Crippen LogP contribution in [0.25, 0.3) is 10.9 Å². The van der Waals surface area contributed by atoms with Crippen molar-refractivity contribution in [2.45, 2.75) is 0 Å². The minimum absolute atomic E-state index is 0.748. The number of morpholine rings is 2. The summed E-state index contributed by atoms with van der Waals surface area (Å²) in [5.41, 5.74) is 1.04. The molecule has 21 heavy (non-hydrogen) atoms. The van der Waals surface area contributed by atoms with Crippen LogP contribution in [0.5, 0.6) is 0 Å². The third kappa shape index (κ3) is 2.56. The maximum Gasteiger partial charge on any atom is 0.228 e. The SMILES string of the molecule is c1scc2c(N3CCOCC3)nc(N3CCOCC3)nc12. The van der Waals surface area contributed by atoms with Crippen molar-refractivity contribution < 1.29 is 9.47 Å². The van der Waals surface area contributed by atoms with E-state index < -0.39 is 0 Å². The van der Waals surface area contributed by atoms with E-state index in [2.05, 4.69) is 20.6 Å². The Labute approximate surface area is 127 Å². The van der Waals surface area contributed by atoms with E-state index in [-0.39, 0.29) is 0 Å². The fourth-order valence-electron chi connectivity index (χ4n) is 2.75. The highest BCUT2D eigenvalue weighted by Gasteiger charge is 2.21. The molecule has 0 N–H and O–H groups in total. The summed E-state index contributed by atoms with van der Waals surface area (Å²) in [4.78, 5) is 14.1. The minimum atomic E-state index is 0.748. The minimum Gasteiger partial charge on any atom is -0.378 e. The van der Waals surface area contributed by atoms with Crippen molar-refractivity contribution in [3.05, 3.63) is 10.8 Å². The van der Waals surface area contributed by atoms with Gasteiger partial charge in [0.05, 0.1) is 37.3 Å². The van der Waals surface area contributed by atoms with Crippen LogP contribution in [0, 0.1) is 0 Å². The first-order valence-corrected chi connectivity index (χ1v) is 8.25. The van der Waals surface area contributed by atoms with E-state index in [1.807, 2.05) is 0 Å². The smallest absolute Gasteiger partial charge is 0.228 e. The summed E-state index contributed by atoms with van der Waals surface area (Å²) in [5.74, 6) is 1.87. The van der Waals surface area contributed by atoms with Gasteiger partial charge in [-0.2, -0.15) is 4.98 Å². The molecule has 4 rings (SSSR count). The number of rotatable bonds is 2. The molecule has 0 aliphatic carbocycles. The second kappa shape index (κ2) is 5.75. The van der Waals surface area contributed by atoms with E-state index in [0.717, 1.165) is 75.3 Å². The molecule has 0 unspecified atom stereocenters. The second-order valence-electron chi connectivity index (χ2n) is 5.22. The summed E-state index contributed by atoms with van der Waals surface area (Å²) < 4.78 is 10.9. The van der Waals surface area contributed by atoms with Gasteiger partial charge in [0.25, 0.3) is 0 Å². The van der Waals surface area contributed by atoms with Crippen LogP contribution in [0.1, 0.15) is 0 Å². The zero-order chi connectivity index (χ0) is 14.1. The molecule has 7 heteroatoms. The van der Waals surface area contributed by atoms with Crippen LogP contribution >= 0.6 is 11.3 Å². The number of aromatic nitrogens is 2. The van der Waals surface area contributed by atoms with Crippen LogP contribution in [0.4, 0.5) is 11.8 Å². The summed E-state index contributed by atoms with van der Waals surface area (Å²) in [6, 6.07) is 0. The molecule has 4 heterocycles. The molecule has 112 valence electrons. The quantitative estimate of drug-likeness (QED) is 0.835. The van der Waals surface area contributed by atoms with E-state index in [1.165, 1.54) is 0 Å². The maximum atomic E-state index is 5.45. The lowest BCUT2D eigenvalue weighted by molar-refractivity contribution is 0.121. The summed E-state index contributed by atoms with van der Waals surface area (Å²) in [6.07, 6.45) is 0. The van der Waals surface area contributed by atoms with Gasteiger partial charge in [-0.05, 0) is 0 Å². The van der Waals surface area contributed by atoms with E-state index in [4.69, 9.17) is 19.4 Å². The van der Waals surface area contributed by atoms with Crippen LogP contribution < -0.4 is 9.80 Å². The highest BCUT2D eigenvalue weighted by Crippen LogP contribution is 2.30. The number of nitrogens with zero attached hydrogens (tertiary/aromatic N) is 4. The van der Waals surface area contributed by atoms with E-state index in [1.54, 1.807) is 11.3 Å². The van der Waals surface area contributed by atoms with Crippen LogP contribution in [0.3, 0.4) is 0 Å². The topological polar surface area (TPSA) is 50.7 Å². The number of ether oxygens (including phenoxy) is 2. The molecule has 2 aromatic heterocycles. The highest BCUT2D eigenvalue weighted by atomic mass is 32.1. The molecule has 0 spiro atoms. The summed E-state index contributed by atoms with van der Waals surface area (Å²) in [5, 5.41) is 5.40. The van der Waals surface area contributed by atoms with E-state index >= 15 is 0 Å². The van der Waals surface area contributed by atoms with Gasteiger partial charge in [0, 0.05) is 36.9 Å². The highest BCUT2D eigenvalue weighted by molar-refractivity contribution is 7.09. The Kier molecular flexibility index (Phi) is 3.62. The molecule has 0 radical (unpaired) electrons. The van der Waals surface area contributed by atoms with Crippen LogP contribution in [-0.2, 0) is 9.47 Å². The average molecular weight is 306 g/mol. The summed E-state index contributed by atoms with van der Waals surface area (Å²) in [6.45, 7) is 6.53. The van der Waals surface area contributed by atoms with Crippen molar-refractivity contribution in [3.8, 4) is 0 Å². The fraction of sp³-hybridized carbons (Fsp3) is 0.571. The molecule has 6 nitrogen and oxygen atoms in total. The number of hydrogen-bond acceptors (Lipinski definition) is 7. The summed E-state index contributed by atoms with van der Waals surface area (Å²) >= 11 is 1.68. The largest absolute Gasteiger partial charge is 0.378 e. The van der Waals surface area contributed by atoms with E-state index in [0.29, 0.717) is 0 Å². The molecule has 0 bridgehead atoms. The van der Waals surface area contributed by atoms with Gasteiger partial charge in [0.15, 0.2) is 0 Å². The second-order valence-corrected chi connectivity index (χ2v) is 5.96. The van der Waals surface area contributed by atoms with Gasteiger partial charge < -0.3 is 19.3 Å². The van der Waals surface area contributed by atoms with Crippen molar-refractivity contribution in [1.29, 1.82) is 0 Å². The Balaban J connectivity index is 1.74. The Bertz CT molecular complexity index is 620. The molecule has 2 fully saturated rings. The fourth-order valence-corrected chi connectivity index (χ4v) is 3.49. The van der Waals surface area contributed by atoms with Gasteiger partial charge >= 0.3 is 0 Å². The van der Waals surface area contributed by atoms with Crippen molar-refractivity contribution in [2.24, 2.45) is 0 Å². The summed E-state index contributed by atoms with van der Waals surface area (Å²) in [7, 11) is 0. The molecule has 2 aromatic rings. The monoisotopic (exact) mass is 306 g/mol.